The fourth-order valence-corrected chi connectivity index (χ4v) is 2.94. The quantitative estimate of drug-likeness (QED) is 0.743. The first-order valence-electron chi connectivity index (χ1n) is 9.67. The summed E-state index contributed by atoms with van der Waals surface area (Å²) in [6.07, 6.45) is -0.647. The number of benzene rings is 2. The third kappa shape index (κ3) is 6.24. The molecule has 6 heteroatoms. The standard InChI is InChI=1S/C23H30N2O4/c1-16(2)20(21(24)26)25(22(27)29-23(3,4)5)18-13-9-10-14-19(18)28-15-17-11-7-6-8-12-17/h6-14,16,20H,15H2,1-5H3,(H2,24,26)/t20-/m0/s1. The van der Waals surface area contributed by atoms with Crippen molar-refractivity contribution in [2.75, 3.05) is 4.90 Å². The first-order valence-corrected chi connectivity index (χ1v) is 9.67. The number of ether oxygens (including phenoxy) is 2. The summed E-state index contributed by atoms with van der Waals surface area (Å²) in [5, 5.41) is 0. The Morgan fingerprint density at radius 3 is 2.14 bits per heavy atom. The minimum atomic E-state index is -0.883. The predicted octanol–water partition coefficient (Wildman–Crippen LogP) is 4.52. The Labute approximate surface area is 172 Å². The summed E-state index contributed by atoms with van der Waals surface area (Å²) < 4.78 is 11.6. The summed E-state index contributed by atoms with van der Waals surface area (Å²) in [5.74, 6) is -0.361. The van der Waals surface area contributed by atoms with Gasteiger partial charge in [0, 0.05) is 0 Å². The molecule has 0 aliphatic carbocycles. The Morgan fingerprint density at radius 1 is 1.00 bits per heavy atom. The van der Waals surface area contributed by atoms with E-state index in [0.29, 0.717) is 18.0 Å². The molecule has 6 nitrogen and oxygen atoms in total. The van der Waals surface area contributed by atoms with Crippen molar-refractivity contribution in [3.63, 3.8) is 0 Å². The molecular formula is C23H30N2O4. The van der Waals surface area contributed by atoms with Crippen LogP contribution in [-0.4, -0.2) is 23.6 Å². The number of para-hydroxylation sites is 2. The van der Waals surface area contributed by atoms with Crippen molar-refractivity contribution in [3.8, 4) is 5.75 Å². The van der Waals surface area contributed by atoms with E-state index in [-0.39, 0.29) is 5.92 Å². The average Bonchev–Trinajstić information content (AvgIpc) is 2.63. The largest absolute Gasteiger partial charge is 0.487 e. The van der Waals surface area contributed by atoms with Crippen molar-refractivity contribution in [2.45, 2.75) is 52.9 Å². The van der Waals surface area contributed by atoms with E-state index in [4.69, 9.17) is 15.2 Å². The topological polar surface area (TPSA) is 81.9 Å². The van der Waals surface area contributed by atoms with Crippen LogP contribution in [0.1, 0.15) is 40.2 Å². The van der Waals surface area contributed by atoms with Crippen molar-refractivity contribution in [3.05, 3.63) is 60.2 Å². The van der Waals surface area contributed by atoms with Gasteiger partial charge in [0.1, 0.15) is 24.0 Å². The van der Waals surface area contributed by atoms with Gasteiger partial charge in [0.15, 0.2) is 0 Å². The highest BCUT2D eigenvalue weighted by atomic mass is 16.6. The number of nitrogens with zero attached hydrogens (tertiary/aromatic N) is 1. The maximum absolute atomic E-state index is 13.1. The van der Waals surface area contributed by atoms with E-state index in [0.717, 1.165) is 5.56 Å². The van der Waals surface area contributed by atoms with E-state index >= 15 is 0 Å². The third-order valence-electron chi connectivity index (χ3n) is 4.15. The monoisotopic (exact) mass is 398 g/mol. The zero-order valence-electron chi connectivity index (χ0n) is 17.7. The lowest BCUT2D eigenvalue weighted by Crippen LogP contribution is -2.52. The van der Waals surface area contributed by atoms with E-state index in [9.17, 15) is 9.59 Å². The molecule has 2 aromatic carbocycles. The smallest absolute Gasteiger partial charge is 0.415 e. The van der Waals surface area contributed by atoms with Crippen LogP contribution in [0.5, 0.6) is 5.75 Å². The molecule has 0 fully saturated rings. The van der Waals surface area contributed by atoms with Gasteiger partial charge in [0.05, 0.1) is 5.69 Å². The van der Waals surface area contributed by atoms with Gasteiger partial charge in [0.25, 0.3) is 0 Å². The van der Waals surface area contributed by atoms with Gasteiger partial charge >= 0.3 is 6.09 Å². The molecule has 0 saturated carbocycles. The fourth-order valence-electron chi connectivity index (χ4n) is 2.94. The maximum atomic E-state index is 13.1. The molecule has 2 aromatic rings. The number of carbonyl (C=O) groups is 2. The Kier molecular flexibility index (Phi) is 7.26. The average molecular weight is 399 g/mol. The lowest BCUT2D eigenvalue weighted by molar-refractivity contribution is -0.120. The van der Waals surface area contributed by atoms with Crippen LogP contribution in [0.4, 0.5) is 10.5 Å². The molecule has 2 rings (SSSR count). The second-order valence-electron chi connectivity index (χ2n) is 8.18. The van der Waals surface area contributed by atoms with Gasteiger partial charge in [-0.05, 0) is 44.4 Å². The van der Waals surface area contributed by atoms with Gasteiger partial charge in [-0.2, -0.15) is 0 Å². The van der Waals surface area contributed by atoms with Crippen LogP contribution < -0.4 is 15.4 Å². The molecule has 0 aromatic heterocycles. The molecule has 0 radical (unpaired) electrons. The first-order chi connectivity index (χ1) is 13.6. The molecule has 0 saturated heterocycles. The minimum Gasteiger partial charge on any atom is -0.487 e. The van der Waals surface area contributed by atoms with Crippen LogP contribution in [0.15, 0.2) is 54.6 Å². The summed E-state index contributed by atoms with van der Waals surface area (Å²) in [5.41, 5.74) is 6.36. The van der Waals surface area contributed by atoms with Gasteiger partial charge in [-0.3, -0.25) is 9.69 Å². The number of primary amides is 1. The second-order valence-corrected chi connectivity index (χ2v) is 8.18. The summed E-state index contributed by atoms with van der Waals surface area (Å²) >= 11 is 0. The SMILES string of the molecule is CC(C)[C@@H](C(N)=O)N(C(=O)OC(C)(C)C)c1ccccc1OCc1ccccc1. The van der Waals surface area contributed by atoms with Crippen LogP contribution in [0, 0.1) is 5.92 Å². The molecular weight excluding hydrogens is 368 g/mol. The van der Waals surface area contributed by atoms with Crippen molar-refractivity contribution in [1.29, 1.82) is 0 Å². The van der Waals surface area contributed by atoms with Crippen LogP contribution >= 0.6 is 0 Å². The molecule has 0 heterocycles. The fraction of sp³-hybridized carbons (Fsp3) is 0.391. The van der Waals surface area contributed by atoms with Gasteiger partial charge in [-0.15, -0.1) is 0 Å². The predicted molar refractivity (Wildman–Crippen MR) is 114 cm³/mol. The number of rotatable bonds is 7. The van der Waals surface area contributed by atoms with E-state index in [1.54, 1.807) is 39.0 Å². The van der Waals surface area contributed by atoms with Crippen molar-refractivity contribution in [1.82, 2.24) is 0 Å². The maximum Gasteiger partial charge on any atom is 0.415 e. The van der Waals surface area contributed by atoms with Crippen molar-refractivity contribution >= 4 is 17.7 Å². The number of hydrogen-bond acceptors (Lipinski definition) is 4. The van der Waals surface area contributed by atoms with Crippen LogP contribution in [0.25, 0.3) is 0 Å². The Morgan fingerprint density at radius 2 is 1.59 bits per heavy atom. The number of amides is 2. The number of nitrogens with two attached hydrogens (primary N) is 1. The zero-order valence-corrected chi connectivity index (χ0v) is 17.7. The number of hydrogen-bond donors (Lipinski definition) is 1. The third-order valence-corrected chi connectivity index (χ3v) is 4.15. The van der Waals surface area contributed by atoms with Gasteiger partial charge in [-0.1, -0.05) is 56.3 Å². The molecule has 0 aliphatic rings. The van der Waals surface area contributed by atoms with E-state index in [1.165, 1.54) is 4.90 Å². The first kappa shape index (κ1) is 22.3. The summed E-state index contributed by atoms with van der Waals surface area (Å²) in [6.45, 7) is 9.31. The normalized spacial score (nSPS) is 12.3. The summed E-state index contributed by atoms with van der Waals surface area (Å²) in [7, 11) is 0. The van der Waals surface area contributed by atoms with E-state index in [2.05, 4.69) is 0 Å². The molecule has 29 heavy (non-hydrogen) atoms. The molecule has 156 valence electrons. The highest BCUT2D eigenvalue weighted by molar-refractivity contribution is 5.98. The van der Waals surface area contributed by atoms with E-state index < -0.39 is 23.6 Å². The summed E-state index contributed by atoms with van der Waals surface area (Å²) in [6, 6.07) is 15.9. The Bertz CT molecular complexity index is 828. The van der Waals surface area contributed by atoms with Crippen molar-refractivity contribution in [2.24, 2.45) is 11.7 Å². The number of anilines is 1. The lowest BCUT2D eigenvalue weighted by atomic mass is 10.0. The molecule has 1 atom stereocenters. The van der Waals surface area contributed by atoms with Gasteiger partial charge in [-0.25, -0.2) is 4.79 Å². The summed E-state index contributed by atoms with van der Waals surface area (Å²) in [4.78, 5) is 26.6. The van der Waals surface area contributed by atoms with Crippen LogP contribution in [0.3, 0.4) is 0 Å². The van der Waals surface area contributed by atoms with E-state index in [1.807, 2.05) is 50.2 Å². The molecule has 0 bridgehead atoms. The highest BCUT2D eigenvalue weighted by Gasteiger charge is 2.36. The van der Waals surface area contributed by atoms with Crippen LogP contribution in [0.2, 0.25) is 0 Å². The Hall–Kier alpha value is -3.02. The molecule has 0 aliphatic heterocycles. The molecule has 0 unspecified atom stereocenters. The molecule has 2 N–H and O–H groups in total. The Balaban J connectivity index is 2.44. The molecule has 0 spiro atoms. The second kappa shape index (κ2) is 9.45. The zero-order chi connectivity index (χ0) is 21.6. The highest BCUT2D eigenvalue weighted by Crippen LogP contribution is 2.33. The molecule has 2 amide bonds. The minimum absolute atomic E-state index is 0.220. The number of carbonyl (C=O) groups excluding carboxylic acids is 2. The van der Waals surface area contributed by atoms with Crippen LogP contribution in [-0.2, 0) is 16.1 Å². The lowest BCUT2D eigenvalue weighted by Gasteiger charge is -2.34. The van der Waals surface area contributed by atoms with Gasteiger partial charge < -0.3 is 15.2 Å². The van der Waals surface area contributed by atoms with Crippen molar-refractivity contribution < 1.29 is 19.1 Å². The van der Waals surface area contributed by atoms with Gasteiger partial charge in [0.2, 0.25) is 5.91 Å².